The van der Waals surface area contributed by atoms with Gasteiger partial charge in [-0.25, -0.2) is 0 Å². The highest BCUT2D eigenvalue weighted by Gasteiger charge is 2.17. The molecule has 1 unspecified atom stereocenters. The normalized spacial score (nSPS) is 14.1. The van der Waals surface area contributed by atoms with Crippen molar-refractivity contribution in [2.24, 2.45) is 7.05 Å². The number of aryl methyl sites for hydroxylation is 1. The molecule has 104 valence electrons. The van der Waals surface area contributed by atoms with E-state index in [0.29, 0.717) is 11.3 Å². The van der Waals surface area contributed by atoms with Gasteiger partial charge in [0.1, 0.15) is 0 Å². The van der Waals surface area contributed by atoms with Gasteiger partial charge in [-0.3, -0.25) is 9.48 Å². The Morgan fingerprint density at radius 3 is 2.95 bits per heavy atom. The summed E-state index contributed by atoms with van der Waals surface area (Å²) in [6, 6.07) is 5.53. The van der Waals surface area contributed by atoms with Crippen LogP contribution in [0.25, 0.3) is 0 Å². The average molecular weight is 273 g/mol. The van der Waals surface area contributed by atoms with E-state index in [9.17, 15) is 4.79 Å². The van der Waals surface area contributed by atoms with Crippen molar-refractivity contribution in [1.29, 1.82) is 0 Å². The average Bonchev–Trinajstić information content (AvgIpc) is 3.05. The Morgan fingerprint density at radius 1 is 1.40 bits per heavy atom. The van der Waals surface area contributed by atoms with Crippen molar-refractivity contribution in [2.45, 2.75) is 13.0 Å². The molecule has 1 amide bonds. The number of carbonyl (C=O) groups is 1. The molecule has 2 heterocycles. The molecule has 1 N–H and O–H groups in total. The lowest BCUT2D eigenvalue weighted by molar-refractivity contribution is 0.0939. The first kappa shape index (κ1) is 12.5. The van der Waals surface area contributed by atoms with E-state index in [0.717, 1.165) is 11.3 Å². The van der Waals surface area contributed by atoms with Crippen molar-refractivity contribution in [1.82, 2.24) is 15.1 Å². The zero-order valence-electron chi connectivity index (χ0n) is 11.3. The molecule has 1 aromatic carbocycles. The lowest BCUT2D eigenvalue weighted by Gasteiger charge is -2.14. The van der Waals surface area contributed by atoms with Crippen molar-refractivity contribution < 1.29 is 14.3 Å². The van der Waals surface area contributed by atoms with Crippen LogP contribution in [-0.4, -0.2) is 22.5 Å². The highest BCUT2D eigenvalue weighted by molar-refractivity contribution is 5.93. The zero-order chi connectivity index (χ0) is 14.1. The lowest BCUT2D eigenvalue weighted by atomic mass is 10.1. The molecule has 3 rings (SSSR count). The summed E-state index contributed by atoms with van der Waals surface area (Å²) in [4.78, 5) is 12.1. The number of aromatic nitrogens is 2. The number of nitrogens with zero attached hydrogens (tertiary/aromatic N) is 2. The molecule has 2 aromatic rings. The summed E-state index contributed by atoms with van der Waals surface area (Å²) in [5, 5.41) is 6.91. The summed E-state index contributed by atoms with van der Waals surface area (Å²) in [5.74, 6) is 1.30. The van der Waals surface area contributed by atoms with E-state index in [2.05, 4.69) is 10.4 Å². The number of nitrogens with one attached hydrogen (secondary N) is 1. The van der Waals surface area contributed by atoms with E-state index in [-0.39, 0.29) is 18.7 Å². The van der Waals surface area contributed by atoms with Crippen LogP contribution >= 0.6 is 0 Å². The predicted octanol–water partition coefficient (Wildman–Crippen LogP) is 1.64. The molecule has 1 aromatic heterocycles. The molecule has 0 bridgehead atoms. The molecule has 20 heavy (non-hydrogen) atoms. The van der Waals surface area contributed by atoms with Gasteiger partial charge in [0.05, 0.1) is 17.8 Å². The molecule has 0 saturated heterocycles. The predicted molar refractivity (Wildman–Crippen MR) is 71.7 cm³/mol. The van der Waals surface area contributed by atoms with Crippen LogP contribution in [0.5, 0.6) is 11.5 Å². The number of benzene rings is 1. The van der Waals surface area contributed by atoms with Crippen LogP contribution in [0.2, 0.25) is 0 Å². The molecule has 1 aliphatic rings. The number of rotatable bonds is 3. The van der Waals surface area contributed by atoms with Crippen molar-refractivity contribution in [3.8, 4) is 11.5 Å². The van der Waals surface area contributed by atoms with Gasteiger partial charge in [-0.2, -0.15) is 5.10 Å². The Hall–Kier alpha value is -2.50. The van der Waals surface area contributed by atoms with Gasteiger partial charge in [-0.15, -0.1) is 0 Å². The number of fused-ring (bicyclic) bond motifs is 1. The second-order valence-corrected chi connectivity index (χ2v) is 4.71. The van der Waals surface area contributed by atoms with Gasteiger partial charge in [-0.1, -0.05) is 6.07 Å². The fourth-order valence-electron chi connectivity index (χ4n) is 2.08. The molecule has 0 spiro atoms. The standard InChI is InChI=1S/C14H15N3O3/c1-9(16-14(18)11-6-15-17(2)7-11)10-3-4-12-13(5-10)20-8-19-12/h3-7,9H,8H2,1-2H3,(H,16,18). The van der Waals surface area contributed by atoms with Crippen molar-refractivity contribution in [3.05, 3.63) is 41.7 Å². The van der Waals surface area contributed by atoms with Crippen LogP contribution in [0.15, 0.2) is 30.6 Å². The molecule has 0 saturated carbocycles. The fraction of sp³-hybridized carbons (Fsp3) is 0.286. The Morgan fingerprint density at radius 2 is 2.20 bits per heavy atom. The fourth-order valence-corrected chi connectivity index (χ4v) is 2.08. The van der Waals surface area contributed by atoms with E-state index >= 15 is 0 Å². The number of hydrogen-bond acceptors (Lipinski definition) is 4. The maximum atomic E-state index is 12.1. The van der Waals surface area contributed by atoms with Crippen LogP contribution in [0.4, 0.5) is 0 Å². The highest BCUT2D eigenvalue weighted by Crippen LogP contribution is 2.34. The largest absolute Gasteiger partial charge is 0.454 e. The summed E-state index contributed by atoms with van der Waals surface area (Å²) in [6.07, 6.45) is 3.23. The van der Waals surface area contributed by atoms with E-state index < -0.39 is 0 Å². The SMILES string of the molecule is CC(NC(=O)c1cnn(C)c1)c1ccc2c(c1)OCO2. The Kier molecular flexibility index (Phi) is 3.06. The maximum Gasteiger partial charge on any atom is 0.254 e. The lowest BCUT2D eigenvalue weighted by Crippen LogP contribution is -2.26. The minimum absolute atomic E-state index is 0.128. The maximum absolute atomic E-state index is 12.1. The van der Waals surface area contributed by atoms with Gasteiger partial charge in [0.2, 0.25) is 6.79 Å². The molecular formula is C14H15N3O3. The summed E-state index contributed by atoms with van der Waals surface area (Å²) < 4.78 is 12.2. The molecular weight excluding hydrogens is 258 g/mol. The van der Waals surface area contributed by atoms with Crippen LogP contribution in [0.1, 0.15) is 28.9 Å². The second kappa shape index (κ2) is 4.88. The third-order valence-electron chi connectivity index (χ3n) is 3.21. The molecule has 0 radical (unpaired) electrons. The summed E-state index contributed by atoms with van der Waals surface area (Å²) in [5.41, 5.74) is 1.51. The first-order valence-corrected chi connectivity index (χ1v) is 6.32. The van der Waals surface area contributed by atoms with Gasteiger partial charge in [0.15, 0.2) is 11.5 Å². The van der Waals surface area contributed by atoms with E-state index in [1.165, 1.54) is 0 Å². The Bertz CT molecular complexity index is 651. The second-order valence-electron chi connectivity index (χ2n) is 4.71. The third-order valence-corrected chi connectivity index (χ3v) is 3.21. The minimum Gasteiger partial charge on any atom is -0.454 e. The van der Waals surface area contributed by atoms with E-state index in [1.54, 1.807) is 24.1 Å². The summed E-state index contributed by atoms with van der Waals surface area (Å²) in [7, 11) is 1.78. The molecule has 6 heteroatoms. The van der Waals surface area contributed by atoms with Crippen LogP contribution in [-0.2, 0) is 7.05 Å². The van der Waals surface area contributed by atoms with Crippen molar-refractivity contribution in [2.75, 3.05) is 6.79 Å². The summed E-state index contributed by atoms with van der Waals surface area (Å²) in [6.45, 7) is 2.17. The Labute approximate surface area is 116 Å². The molecule has 6 nitrogen and oxygen atoms in total. The first-order valence-electron chi connectivity index (χ1n) is 6.32. The number of hydrogen-bond donors (Lipinski definition) is 1. The topological polar surface area (TPSA) is 65.4 Å². The Balaban J connectivity index is 1.73. The van der Waals surface area contributed by atoms with E-state index in [4.69, 9.17) is 9.47 Å². The monoisotopic (exact) mass is 273 g/mol. The highest BCUT2D eigenvalue weighted by atomic mass is 16.7. The minimum atomic E-state index is -0.150. The number of ether oxygens (including phenoxy) is 2. The van der Waals surface area contributed by atoms with Gasteiger partial charge >= 0.3 is 0 Å². The number of amides is 1. The van der Waals surface area contributed by atoms with Crippen LogP contribution < -0.4 is 14.8 Å². The third kappa shape index (κ3) is 2.32. The van der Waals surface area contributed by atoms with Gasteiger partial charge in [-0.05, 0) is 24.6 Å². The summed E-state index contributed by atoms with van der Waals surface area (Å²) >= 11 is 0. The molecule has 1 aliphatic heterocycles. The quantitative estimate of drug-likeness (QED) is 0.923. The van der Waals surface area contributed by atoms with Crippen LogP contribution in [0, 0.1) is 0 Å². The molecule has 1 atom stereocenters. The first-order chi connectivity index (χ1) is 9.63. The van der Waals surface area contributed by atoms with Crippen molar-refractivity contribution in [3.63, 3.8) is 0 Å². The zero-order valence-corrected chi connectivity index (χ0v) is 11.3. The molecule has 0 aliphatic carbocycles. The molecule has 0 fully saturated rings. The van der Waals surface area contributed by atoms with Gasteiger partial charge in [0.25, 0.3) is 5.91 Å². The number of carbonyl (C=O) groups excluding carboxylic acids is 1. The van der Waals surface area contributed by atoms with Gasteiger partial charge < -0.3 is 14.8 Å². The van der Waals surface area contributed by atoms with E-state index in [1.807, 2.05) is 25.1 Å². The van der Waals surface area contributed by atoms with Crippen molar-refractivity contribution >= 4 is 5.91 Å². The van der Waals surface area contributed by atoms with Crippen LogP contribution in [0.3, 0.4) is 0 Å². The smallest absolute Gasteiger partial charge is 0.254 e. The van der Waals surface area contributed by atoms with Gasteiger partial charge in [0, 0.05) is 13.2 Å².